The van der Waals surface area contributed by atoms with Crippen molar-refractivity contribution in [2.24, 2.45) is 90.3 Å². The first kappa shape index (κ1) is 144. The van der Waals surface area contributed by atoms with Gasteiger partial charge in [0, 0.05) is 108 Å². The number of aliphatic imine (C=N–C) groups is 2. The summed E-state index contributed by atoms with van der Waals surface area (Å²) in [6, 6.07) is 2.69. The van der Waals surface area contributed by atoms with Gasteiger partial charge in [0.2, 0.25) is 35.4 Å². The number of amidine groups is 2. The summed E-state index contributed by atoms with van der Waals surface area (Å²) in [5.74, 6) is 3.59. The Kier molecular flexibility index (Phi) is 100. The minimum absolute atomic E-state index is 0. The van der Waals surface area contributed by atoms with Crippen molar-refractivity contribution in [1.29, 1.82) is 10.8 Å². The van der Waals surface area contributed by atoms with Crippen molar-refractivity contribution in [3.8, 4) is 23.0 Å². The number of hydrogen-bond acceptors (Lipinski definition) is 28. The standard InChI is InChI=1S/C40H72N12O6S2.C40H74N12O6S2.CH4.8H2S.Y/c41-29(11-7-10-18-52-40(47)48)33(53)15-5-1-3-12-31(43)38(55)50-19-21-57-34-23-27-25-59-60-26-28(27)24-35(34)58-22-20-51-39(56)32(44)14-8-9-17-49-37(54)30(42)13-4-2-6-16-36(45)46;41-29(11-7-10-18-52-40(47)48)33(53)15-5-1-3-12-31(43)38(55)50-19-21-57-34-23-27(25-59)28(26-60)24-35(34)58-22-20-51-39(56)32(44)14-8-9-17-49-37(54)30(42)13-4-2-6-16-36(45)46;;;;;;;;;;/h23-24,29-32H,1-22,25-26,41-44H2,(H3,45,46)(H,49,54)(H,50,55)(H,51,56)(H4,47,48,52);23-24,29-32,59-60H,1-22,25-26,41-44H2,(H3,45,46)(H,49,54)(H,50,55)(H,51,56)(H4,47,48,52);1H4;8*1H2;/t2*29-,30-,31-,32-;;;;;;;;;;/m00........../s1. The van der Waals surface area contributed by atoms with Crippen molar-refractivity contribution in [3.63, 3.8) is 0 Å². The van der Waals surface area contributed by atoms with Crippen molar-refractivity contribution < 1.29 is 90.0 Å². The van der Waals surface area contributed by atoms with Gasteiger partial charge in [0.05, 0.1) is 86.2 Å². The molecule has 0 saturated carbocycles. The van der Waals surface area contributed by atoms with Crippen LogP contribution in [0.5, 0.6) is 23.0 Å². The van der Waals surface area contributed by atoms with Crippen LogP contribution in [0.25, 0.3) is 0 Å². The molecule has 0 aliphatic carbocycles. The third-order valence-corrected chi connectivity index (χ3v) is 22.5. The Balaban J connectivity index is -0.000000299. The number of nitrogens with two attached hydrogens (primary N) is 14. The SMILES string of the molecule is C.N=C(N)CCCCC[C@H](N)C(=O)NCCCC[C@H](N)C(=O)NCCOc1cc(CS)c(CS)cc1OCCNC(=O)[C@@H](N)CCCCCC(=O)[C@@H](N)CCCCN=C(N)N.N=C(N)CCCCC[C@H](N)C(=O)NCCCC[C@H](N)C(=O)NCCOc1cc2c(cc1OCCNC(=O)[C@@H](N)CCCCCC(=O)[C@@H](N)CCCCN=C(N)N)CSSC2.S.S.S.S.S.S.S.S.[Y]. The molecule has 49 heteroatoms. The number of nitrogens with one attached hydrogen (secondary N) is 8. The molecule has 6 amide bonds. The number of ether oxygens (including phenoxy) is 4. The smallest absolute Gasteiger partial charge is 0.237 e. The third-order valence-electron chi connectivity index (χ3n) is 19.6. The number of unbranched alkanes of at least 4 members (excludes halogenated alkanes) is 12. The minimum atomic E-state index is -0.712. The van der Waals surface area contributed by atoms with Crippen molar-refractivity contribution in [1.82, 2.24) is 31.9 Å². The fourth-order valence-electron chi connectivity index (χ4n) is 12.3. The van der Waals surface area contributed by atoms with E-state index in [1.54, 1.807) is 21.6 Å². The maximum absolute atomic E-state index is 12.6. The Bertz CT molecular complexity index is 3250. The molecule has 36 nitrogen and oxygen atoms in total. The van der Waals surface area contributed by atoms with E-state index in [4.69, 9.17) is 110 Å². The van der Waals surface area contributed by atoms with Crippen molar-refractivity contribution >= 4 is 225 Å². The van der Waals surface area contributed by atoms with Crippen LogP contribution < -0.4 is 131 Å². The fourth-order valence-corrected chi connectivity index (χ4v) is 15.1. The van der Waals surface area contributed by atoms with Gasteiger partial charge in [0.25, 0.3) is 0 Å². The Morgan fingerprint density at radius 1 is 0.331 bits per heavy atom. The molecule has 2 aromatic carbocycles. The zero-order valence-corrected chi connectivity index (χ0v) is 89.3. The molecule has 130 heavy (non-hydrogen) atoms. The average molecular weight is 2140 g/mol. The molecular weight excluding hydrogens is 1970 g/mol. The summed E-state index contributed by atoms with van der Waals surface area (Å²) in [6.45, 7) is 3.57. The fraction of sp³-hybridized carbons (Fsp3) is 0.704. The van der Waals surface area contributed by atoms with E-state index in [0.29, 0.717) is 189 Å². The molecule has 757 valence electrons. The van der Waals surface area contributed by atoms with E-state index in [9.17, 15) is 38.4 Å². The number of rotatable bonds is 70. The molecule has 1 aliphatic rings. The van der Waals surface area contributed by atoms with Gasteiger partial charge < -0.3 is 131 Å². The van der Waals surface area contributed by atoms with Crippen molar-refractivity contribution in [2.45, 2.75) is 284 Å². The number of benzene rings is 2. The first-order valence-corrected chi connectivity index (χ1v) is 46.0. The number of thiol groups is 2. The average Bonchev–Trinajstić information content (AvgIpc) is 0.819. The van der Waals surface area contributed by atoms with E-state index in [-0.39, 0.29) is 271 Å². The zero-order valence-electron chi connectivity index (χ0n) is 75.0. The number of hydrogen-bond donors (Lipinski definition) is 24. The Morgan fingerprint density at radius 2 is 0.554 bits per heavy atom. The Hall–Kier alpha value is -3.74. The second kappa shape index (κ2) is 90.4. The van der Waals surface area contributed by atoms with Gasteiger partial charge in [-0.25, -0.2) is 0 Å². The number of amides is 6. The Morgan fingerprint density at radius 3 is 0.800 bits per heavy atom. The summed E-state index contributed by atoms with van der Waals surface area (Å²) in [5, 5.41) is 31.5. The molecule has 8 atom stereocenters. The molecule has 36 N–H and O–H groups in total. The first-order valence-electron chi connectivity index (χ1n) is 42.3. The molecule has 3 rings (SSSR count). The second-order valence-corrected chi connectivity index (χ2v) is 33.0. The molecule has 1 aliphatic heterocycles. The summed E-state index contributed by atoms with van der Waals surface area (Å²) < 4.78 is 24.1. The summed E-state index contributed by atoms with van der Waals surface area (Å²) in [7, 11) is 3.54. The monoisotopic (exact) mass is 2140 g/mol. The van der Waals surface area contributed by atoms with Crippen LogP contribution in [0, 0.1) is 10.8 Å². The molecule has 1 radical (unpaired) electrons. The number of Topliss-reactive ketones (excluding diaryl/α,β-unsaturated/α-hetero) is 2. The maximum Gasteiger partial charge on any atom is 0.237 e. The van der Waals surface area contributed by atoms with Gasteiger partial charge in [-0.15, -0.1) is 0 Å². The van der Waals surface area contributed by atoms with Gasteiger partial charge in [-0.05, 0) is 175 Å². The normalized spacial score (nSPS) is 12.5. The quantitative estimate of drug-likeness (QED) is 0.0146. The molecule has 0 spiro atoms. The van der Waals surface area contributed by atoms with Crippen LogP contribution in [-0.4, -0.2) is 198 Å². The molecule has 0 unspecified atom stereocenters. The van der Waals surface area contributed by atoms with Gasteiger partial charge in [-0.3, -0.25) is 59.2 Å². The summed E-state index contributed by atoms with van der Waals surface area (Å²) in [4.78, 5) is 108. The number of carbonyl (C=O) groups is 8. The van der Waals surface area contributed by atoms with Crippen molar-refractivity contribution in [2.75, 3.05) is 78.8 Å². The topological polar surface area (TPSA) is 682 Å². The van der Waals surface area contributed by atoms with Crippen molar-refractivity contribution in [3.05, 3.63) is 46.5 Å². The van der Waals surface area contributed by atoms with Crippen LogP contribution in [0.2, 0.25) is 0 Å². The minimum Gasteiger partial charge on any atom is -0.488 e. The van der Waals surface area contributed by atoms with Crippen LogP contribution in [0.15, 0.2) is 34.3 Å². The van der Waals surface area contributed by atoms with Gasteiger partial charge in [0.1, 0.15) is 38.0 Å². The molecule has 0 bridgehead atoms. The van der Waals surface area contributed by atoms with Gasteiger partial charge in [-0.2, -0.15) is 133 Å². The summed E-state index contributed by atoms with van der Waals surface area (Å²) >= 11 is 8.87. The van der Waals surface area contributed by atoms with Crippen LogP contribution in [-0.2, 0) is 94.1 Å². The number of guanidine groups is 2. The van der Waals surface area contributed by atoms with Crippen LogP contribution >= 0.6 is 155 Å². The molecular formula is C81H166N24O12S12Y. The van der Waals surface area contributed by atoms with E-state index < -0.39 is 48.3 Å². The van der Waals surface area contributed by atoms with Crippen LogP contribution in [0.4, 0.5) is 0 Å². The largest absolute Gasteiger partial charge is 0.488 e. The second-order valence-electron chi connectivity index (χ2n) is 29.9. The third kappa shape index (κ3) is 70.8. The van der Waals surface area contributed by atoms with Crippen LogP contribution in [0.1, 0.15) is 235 Å². The van der Waals surface area contributed by atoms with Gasteiger partial charge in [0.15, 0.2) is 34.9 Å². The molecule has 2 aromatic rings. The van der Waals surface area contributed by atoms with E-state index >= 15 is 0 Å². The predicted octanol–water partition coefficient (Wildman–Crippen LogP) is 4.03. The Labute approximate surface area is 873 Å². The number of nitrogens with zero attached hydrogens (tertiary/aromatic N) is 2. The molecule has 0 aromatic heterocycles. The maximum atomic E-state index is 12.6. The number of ketones is 2. The van der Waals surface area contributed by atoms with E-state index in [1.165, 1.54) is 0 Å². The first-order chi connectivity index (χ1) is 57.5. The summed E-state index contributed by atoms with van der Waals surface area (Å²) in [5.41, 5.74) is 84.6. The number of carbonyl (C=O) groups excluding carboxylic acids is 8. The van der Waals surface area contributed by atoms with E-state index in [0.717, 1.165) is 111 Å². The summed E-state index contributed by atoms with van der Waals surface area (Å²) in [6.07, 6.45) is 21.1. The molecule has 0 saturated heterocycles. The number of fused-ring (bicyclic) bond motifs is 1. The van der Waals surface area contributed by atoms with E-state index in [2.05, 4.69) is 67.1 Å². The van der Waals surface area contributed by atoms with Crippen LogP contribution in [0.3, 0.4) is 0 Å². The predicted molar refractivity (Wildman–Crippen MR) is 577 cm³/mol. The van der Waals surface area contributed by atoms with Gasteiger partial charge >= 0.3 is 0 Å². The zero-order chi connectivity index (χ0) is 88.8. The molecule has 1 heterocycles. The van der Waals surface area contributed by atoms with Gasteiger partial charge in [-0.1, -0.05) is 80.4 Å². The van der Waals surface area contributed by atoms with E-state index in [1.807, 2.05) is 24.3 Å². The molecule has 0 fully saturated rings.